The van der Waals surface area contributed by atoms with Gasteiger partial charge >= 0.3 is 0 Å². The number of aromatic nitrogens is 1. The zero-order chi connectivity index (χ0) is 18.8. The predicted molar refractivity (Wildman–Crippen MR) is 104 cm³/mol. The number of rotatable bonds is 5. The van der Waals surface area contributed by atoms with Crippen molar-refractivity contribution in [1.82, 2.24) is 9.71 Å². The molecule has 25 heavy (non-hydrogen) atoms. The SMILES string of the molecule is CC(C)(C)[S+]([O-])NC[C@@H](c1cc(F)cc(F)c1)c1nc(Br)ccc1Br. The number of benzene rings is 1. The molecule has 1 aromatic heterocycles. The third-order valence-electron chi connectivity index (χ3n) is 3.43. The van der Waals surface area contributed by atoms with Gasteiger partial charge in [0.25, 0.3) is 0 Å². The molecule has 8 heteroatoms. The van der Waals surface area contributed by atoms with E-state index in [2.05, 4.69) is 41.6 Å². The van der Waals surface area contributed by atoms with Crippen LogP contribution >= 0.6 is 31.9 Å². The lowest BCUT2D eigenvalue weighted by atomic mass is 9.95. The summed E-state index contributed by atoms with van der Waals surface area (Å²) in [6, 6.07) is 6.92. The molecule has 0 bridgehead atoms. The van der Waals surface area contributed by atoms with Crippen molar-refractivity contribution in [3.8, 4) is 0 Å². The lowest BCUT2D eigenvalue weighted by Crippen LogP contribution is -2.41. The van der Waals surface area contributed by atoms with Gasteiger partial charge in [-0.2, -0.15) is 0 Å². The van der Waals surface area contributed by atoms with E-state index in [4.69, 9.17) is 0 Å². The number of hydrogen-bond donors (Lipinski definition) is 1. The Balaban J connectivity index is 2.42. The molecule has 3 nitrogen and oxygen atoms in total. The number of hydrogen-bond acceptors (Lipinski definition) is 3. The number of pyridine rings is 1. The zero-order valence-electron chi connectivity index (χ0n) is 13.9. The van der Waals surface area contributed by atoms with Crippen molar-refractivity contribution >= 4 is 43.2 Å². The second-order valence-corrected chi connectivity index (χ2v) is 10.2. The highest BCUT2D eigenvalue weighted by Gasteiger charge is 2.29. The van der Waals surface area contributed by atoms with E-state index in [0.717, 1.165) is 6.07 Å². The molecule has 0 saturated carbocycles. The van der Waals surface area contributed by atoms with E-state index in [1.54, 1.807) is 12.1 Å². The van der Waals surface area contributed by atoms with Gasteiger partial charge in [-0.3, -0.25) is 0 Å². The molecule has 0 saturated heterocycles. The Bertz CT molecular complexity index is 736. The van der Waals surface area contributed by atoms with Crippen molar-refractivity contribution in [2.75, 3.05) is 6.54 Å². The van der Waals surface area contributed by atoms with Gasteiger partial charge in [-0.15, -0.1) is 4.72 Å². The molecule has 0 aliphatic rings. The van der Waals surface area contributed by atoms with Crippen LogP contribution in [0.1, 0.15) is 37.9 Å². The summed E-state index contributed by atoms with van der Waals surface area (Å²) in [4.78, 5) is 4.43. The highest BCUT2D eigenvalue weighted by Crippen LogP contribution is 2.31. The summed E-state index contributed by atoms with van der Waals surface area (Å²) in [5, 5.41) is 0. The fraction of sp³-hybridized carbons (Fsp3) is 0.353. The van der Waals surface area contributed by atoms with Crippen LogP contribution in [0.4, 0.5) is 8.78 Å². The van der Waals surface area contributed by atoms with Gasteiger partial charge in [0.15, 0.2) is 0 Å². The van der Waals surface area contributed by atoms with Gasteiger partial charge < -0.3 is 4.55 Å². The van der Waals surface area contributed by atoms with E-state index in [0.29, 0.717) is 20.3 Å². The summed E-state index contributed by atoms with van der Waals surface area (Å²) in [6.07, 6.45) is 0. The van der Waals surface area contributed by atoms with Gasteiger partial charge in [0.05, 0.1) is 12.2 Å². The molecule has 0 fully saturated rings. The van der Waals surface area contributed by atoms with E-state index in [9.17, 15) is 13.3 Å². The van der Waals surface area contributed by atoms with Gasteiger partial charge in [0.2, 0.25) is 0 Å². The average molecular weight is 496 g/mol. The van der Waals surface area contributed by atoms with Gasteiger partial charge in [-0.1, -0.05) is 0 Å². The Kier molecular flexibility index (Phi) is 7.01. The molecule has 136 valence electrons. The second kappa shape index (κ2) is 8.43. The Hall–Kier alpha value is -0.540. The smallest absolute Gasteiger partial charge is 0.136 e. The summed E-state index contributed by atoms with van der Waals surface area (Å²) in [6.45, 7) is 5.76. The lowest BCUT2D eigenvalue weighted by molar-refractivity contribution is 0.539. The molecule has 1 unspecified atom stereocenters. The van der Waals surface area contributed by atoms with Crippen LogP contribution in [0.5, 0.6) is 0 Å². The highest BCUT2D eigenvalue weighted by atomic mass is 79.9. The second-order valence-electron chi connectivity index (χ2n) is 6.49. The van der Waals surface area contributed by atoms with E-state index in [-0.39, 0.29) is 6.54 Å². The molecule has 1 N–H and O–H groups in total. The van der Waals surface area contributed by atoms with Crippen LogP contribution < -0.4 is 4.72 Å². The van der Waals surface area contributed by atoms with Crippen molar-refractivity contribution in [3.05, 3.63) is 62.3 Å². The van der Waals surface area contributed by atoms with Crippen LogP contribution in [0.3, 0.4) is 0 Å². The van der Waals surface area contributed by atoms with Crippen molar-refractivity contribution in [2.24, 2.45) is 0 Å². The maximum Gasteiger partial charge on any atom is 0.136 e. The molecule has 0 aliphatic carbocycles. The van der Waals surface area contributed by atoms with E-state index < -0.39 is 33.7 Å². The van der Waals surface area contributed by atoms with E-state index >= 15 is 0 Å². The van der Waals surface area contributed by atoms with Crippen LogP contribution in [-0.4, -0.2) is 20.8 Å². The molecule has 2 atom stereocenters. The van der Waals surface area contributed by atoms with E-state index in [1.807, 2.05) is 20.8 Å². The fourth-order valence-electron chi connectivity index (χ4n) is 2.20. The van der Waals surface area contributed by atoms with Crippen LogP contribution in [0.2, 0.25) is 0 Å². The van der Waals surface area contributed by atoms with Crippen molar-refractivity contribution in [2.45, 2.75) is 31.4 Å². The van der Waals surface area contributed by atoms with Crippen molar-refractivity contribution in [3.63, 3.8) is 0 Å². The fourth-order valence-corrected chi connectivity index (χ4v) is 3.77. The third kappa shape index (κ3) is 5.72. The van der Waals surface area contributed by atoms with Crippen molar-refractivity contribution < 1.29 is 13.3 Å². The first-order chi connectivity index (χ1) is 11.6. The third-order valence-corrected chi connectivity index (χ3v) is 6.08. The summed E-state index contributed by atoms with van der Waals surface area (Å²) in [5.74, 6) is -1.81. The summed E-state index contributed by atoms with van der Waals surface area (Å²) in [7, 11) is 0. The largest absolute Gasteiger partial charge is 0.598 e. The number of halogens is 4. The van der Waals surface area contributed by atoms with Crippen LogP contribution in [0.25, 0.3) is 0 Å². The predicted octanol–water partition coefficient (Wildman–Crippen LogP) is 5.07. The topological polar surface area (TPSA) is 48.0 Å². The van der Waals surface area contributed by atoms with Gasteiger partial charge in [-0.25, -0.2) is 13.8 Å². The summed E-state index contributed by atoms with van der Waals surface area (Å²) < 4.78 is 43.6. The van der Waals surface area contributed by atoms with Crippen LogP contribution in [0, 0.1) is 11.6 Å². The molecule has 2 rings (SSSR count). The summed E-state index contributed by atoms with van der Waals surface area (Å²) >= 11 is 5.43. The Labute approximate surface area is 166 Å². The average Bonchev–Trinajstić information content (AvgIpc) is 2.48. The molecule has 1 aromatic carbocycles. The maximum atomic E-state index is 13.7. The normalized spacial score (nSPS) is 14.4. The monoisotopic (exact) mass is 494 g/mol. The van der Waals surface area contributed by atoms with Gasteiger partial charge in [0.1, 0.15) is 21.0 Å². The molecule has 0 aliphatic heterocycles. The van der Waals surface area contributed by atoms with Crippen molar-refractivity contribution in [1.29, 1.82) is 0 Å². The molecule has 0 amide bonds. The van der Waals surface area contributed by atoms with E-state index in [1.165, 1.54) is 12.1 Å². The maximum absolute atomic E-state index is 13.7. The first-order valence-corrected chi connectivity index (χ1v) is 10.2. The lowest BCUT2D eigenvalue weighted by Gasteiger charge is -2.26. The number of nitrogens with one attached hydrogen (secondary N) is 1. The molecular formula is C17H18Br2F2N2OS. The van der Waals surface area contributed by atoms with Crippen LogP contribution in [-0.2, 0) is 11.4 Å². The zero-order valence-corrected chi connectivity index (χ0v) is 17.9. The molecular weight excluding hydrogens is 478 g/mol. The Morgan fingerprint density at radius 2 is 1.76 bits per heavy atom. The molecule has 0 spiro atoms. The van der Waals surface area contributed by atoms with Crippen LogP contribution in [0.15, 0.2) is 39.4 Å². The van der Waals surface area contributed by atoms with Gasteiger partial charge in [-0.05, 0) is 82.5 Å². The molecule has 0 radical (unpaired) electrons. The Morgan fingerprint density at radius 3 is 2.32 bits per heavy atom. The number of nitrogens with zero attached hydrogens (tertiary/aromatic N) is 1. The minimum Gasteiger partial charge on any atom is -0.598 e. The molecule has 1 heterocycles. The summed E-state index contributed by atoms with van der Waals surface area (Å²) in [5.41, 5.74) is 1.01. The quantitative estimate of drug-likeness (QED) is 0.465. The first kappa shape index (κ1) is 20.8. The first-order valence-electron chi connectivity index (χ1n) is 7.51. The molecule has 2 aromatic rings. The Morgan fingerprint density at radius 1 is 1.16 bits per heavy atom. The highest BCUT2D eigenvalue weighted by molar-refractivity contribution is 9.11. The minimum atomic E-state index is -1.32. The standard InChI is InChI=1S/C17H18Br2F2N2OS/c1-17(2,3)25(24)22-9-13(10-6-11(20)8-12(21)7-10)16-14(18)4-5-15(19)23-16/h4-8,13,22H,9H2,1-3H3/t13-,25?/m0/s1. The van der Waals surface area contributed by atoms with Gasteiger partial charge in [0, 0.05) is 27.8 Å². The minimum absolute atomic E-state index is 0.217.